The summed E-state index contributed by atoms with van der Waals surface area (Å²) in [5.74, 6) is -4.48. The van der Waals surface area contributed by atoms with E-state index in [1.807, 2.05) is 0 Å². The summed E-state index contributed by atoms with van der Waals surface area (Å²) in [6, 6.07) is 4.99. The number of halogens is 9. The van der Waals surface area contributed by atoms with Crippen LogP contribution < -0.4 is 10.9 Å². The van der Waals surface area contributed by atoms with Gasteiger partial charge in [0.2, 0.25) is 5.91 Å². The minimum Gasteiger partial charge on any atom is -0.373 e. The van der Waals surface area contributed by atoms with Crippen LogP contribution in [0.3, 0.4) is 0 Å². The summed E-state index contributed by atoms with van der Waals surface area (Å²) in [6.45, 7) is -0.518. The Morgan fingerprint density at radius 1 is 1.02 bits per heavy atom. The molecule has 214 valence electrons. The van der Waals surface area contributed by atoms with E-state index in [1.165, 1.54) is 12.1 Å². The molecule has 1 saturated carbocycles. The average molecular weight is 596 g/mol. The molecule has 1 aromatic heterocycles. The van der Waals surface area contributed by atoms with Crippen LogP contribution in [0.5, 0.6) is 0 Å². The van der Waals surface area contributed by atoms with Gasteiger partial charge in [-0.25, -0.2) is 13.8 Å². The molecule has 0 spiro atoms. The molecule has 15 heteroatoms. The molecule has 0 bridgehead atoms. The number of benzene rings is 2. The SMILES string of the molecule is O=C(NCc1ccc(C(F)(F)F)c(-c2nc(C(F)(F)F)cc(=O)[nH]2)c1F)C1CC(OCc2ccc(F)cc2Cl)C1. The van der Waals surface area contributed by atoms with Gasteiger partial charge >= 0.3 is 12.4 Å². The van der Waals surface area contributed by atoms with Crippen molar-refractivity contribution >= 4 is 17.5 Å². The van der Waals surface area contributed by atoms with Gasteiger partial charge in [-0.1, -0.05) is 23.7 Å². The lowest BCUT2D eigenvalue weighted by atomic mass is 9.81. The third-order valence-corrected chi connectivity index (χ3v) is 6.56. The van der Waals surface area contributed by atoms with E-state index in [2.05, 4.69) is 10.3 Å². The molecule has 0 aliphatic heterocycles. The number of nitrogens with one attached hydrogen (secondary N) is 2. The molecule has 0 saturated heterocycles. The standard InChI is InChI=1S/C25H18ClF8N3O3/c26-17-7-14(27)3-1-12(17)10-40-15-5-13(6-15)23(39)35-9-11-2-4-16(24(29,30)31)20(21(11)28)22-36-18(25(32,33)34)8-19(38)37-22/h1-4,7-8,13,15H,5-6,9-10H2,(H,35,39)(H,36,37,38). The number of aromatic nitrogens is 2. The summed E-state index contributed by atoms with van der Waals surface area (Å²) in [5, 5.41) is 2.56. The number of rotatable bonds is 7. The van der Waals surface area contributed by atoms with Gasteiger partial charge in [-0.3, -0.25) is 9.59 Å². The molecule has 4 rings (SSSR count). The first-order chi connectivity index (χ1) is 18.6. The number of H-pyrrole nitrogens is 1. The van der Waals surface area contributed by atoms with Crippen molar-refractivity contribution in [2.75, 3.05) is 0 Å². The smallest absolute Gasteiger partial charge is 0.373 e. The minimum absolute atomic E-state index is 0.0304. The molecule has 1 amide bonds. The molecule has 40 heavy (non-hydrogen) atoms. The third-order valence-electron chi connectivity index (χ3n) is 6.20. The maximum absolute atomic E-state index is 15.3. The second-order valence-corrected chi connectivity index (χ2v) is 9.40. The Balaban J connectivity index is 1.45. The highest BCUT2D eigenvalue weighted by atomic mass is 35.5. The van der Waals surface area contributed by atoms with E-state index in [-0.39, 0.29) is 36.6 Å². The summed E-state index contributed by atoms with van der Waals surface area (Å²) >= 11 is 5.94. The van der Waals surface area contributed by atoms with Gasteiger partial charge in [-0.2, -0.15) is 26.3 Å². The summed E-state index contributed by atoms with van der Waals surface area (Å²) in [7, 11) is 0. The minimum atomic E-state index is -5.20. The zero-order valence-electron chi connectivity index (χ0n) is 20.0. The number of carbonyl (C=O) groups excluding carboxylic acids is 1. The van der Waals surface area contributed by atoms with Crippen molar-refractivity contribution in [3.05, 3.63) is 85.8 Å². The fourth-order valence-electron chi connectivity index (χ4n) is 4.03. The van der Waals surface area contributed by atoms with Gasteiger partial charge in [-0.15, -0.1) is 0 Å². The molecule has 0 radical (unpaired) electrons. The van der Waals surface area contributed by atoms with Gasteiger partial charge in [0.25, 0.3) is 5.56 Å². The number of aromatic amines is 1. The van der Waals surface area contributed by atoms with Crippen LogP contribution >= 0.6 is 11.6 Å². The first kappa shape index (κ1) is 29.5. The maximum atomic E-state index is 15.3. The molecule has 0 atom stereocenters. The Kier molecular flexibility index (Phi) is 8.22. The molecule has 3 aromatic rings. The van der Waals surface area contributed by atoms with Gasteiger partial charge < -0.3 is 15.0 Å². The van der Waals surface area contributed by atoms with Gasteiger partial charge in [0.1, 0.15) is 17.5 Å². The zero-order valence-corrected chi connectivity index (χ0v) is 20.8. The van der Waals surface area contributed by atoms with E-state index in [9.17, 15) is 40.3 Å². The summed E-state index contributed by atoms with van der Waals surface area (Å²) in [6.07, 6.45) is -10.2. The largest absolute Gasteiger partial charge is 0.433 e. The van der Waals surface area contributed by atoms with Crippen LogP contribution in [-0.2, 0) is 35.0 Å². The number of ether oxygens (including phenoxy) is 1. The van der Waals surface area contributed by atoms with E-state index in [0.717, 1.165) is 12.1 Å². The van der Waals surface area contributed by atoms with Crippen LogP contribution in [0, 0.1) is 17.6 Å². The summed E-state index contributed by atoms with van der Waals surface area (Å²) < 4.78 is 114. The van der Waals surface area contributed by atoms with Crippen molar-refractivity contribution in [2.45, 2.75) is 44.4 Å². The van der Waals surface area contributed by atoms with Gasteiger partial charge in [0, 0.05) is 29.1 Å². The zero-order chi connectivity index (χ0) is 29.4. The highest BCUT2D eigenvalue weighted by molar-refractivity contribution is 6.31. The van der Waals surface area contributed by atoms with Crippen LogP contribution in [0.1, 0.15) is 35.2 Å². The quantitative estimate of drug-likeness (QED) is 0.328. The number of amides is 1. The lowest BCUT2D eigenvalue weighted by Gasteiger charge is -2.34. The maximum Gasteiger partial charge on any atom is 0.433 e. The summed E-state index contributed by atoms with van der Waals surface area (Å²) in [5.41, 5.74) is -6.23. The fraction of sp³-hybridized carbons (Fsp3) is 0.320. The lowest BCUT2D eigenvalue weighted by Crippen LogP contribution is -2.42. The van der Waals surface area contributed by atoms with Crippen molar-refractivity contribution in [2.24, 2.45) is 5.92 Å². The van der Waals surface area contributed by atoms with Crippen LogP contribution in [0.4, 0.5) is 35.1 Å². The van der Waals surface area contributed by atoms with Crippen molar-refractivity contribution in [1.29, 1.82) is 0 Å². The molecule has 1 heterocycles. The Labute approximate surface area is 225 Å². The first-order valence-electron chi connectivity index (χ1n) is 11.5. The average Bonchev–Trinajstić information content (AvgIpc) is 2.81. The van der Waals surface area contributed by atoms with Crippen LogP contribution in [-0.4, -0.2) is 22.0 Å². The fourth-order valence-corrected chi connectivity index (χ4v) is 4.26. The number of alkyl halides is 6. The molecule has 1 aliphatic carbocycles. The van der Waals surface area contributed by atoms with Crippen molar-refractivity contribution < 1.29 is 44.7 Å². The van der Waals surface area contributed by atoms with E-state index in [4.69, 9.17) is 16.3 Å². The lowest BCUT2D eigenvalue weighted by molar-refractivity contribution is -0.141. The molecule has 2 N–H and O–H groups in total. The molecule has 2 aromatic carbocycles. The second kappa shape index (κ2) is 11.2. The molecule has 1 aliphatic rings. The van der Waals surface area contributed by atoms with E-state index in [1.54, 1.807) is 4.98 Å². The van der Waals surface area contributed by atoms with E-state index < -0.39 is 76.1 Å². The van der Waals surface area contributed by atoms with Gasteiger partial charge in [-0.05, 0) is 36.6 Å². The van der Waals surface area contributed by atoms with Crippen LogP contribution in [0.15, 0.2) is 41.2 Å². The Morgan fingerprint density at radius 3 is 2.33 bits per heavy atom. The first-order valence-corrected chi connectivity index (χ1v) is 11.9. The molecular formula is C25H18ClF8N3O3. The predicted molar refractivity (Wildman–Crippen MR) is 125 cm³/mol. The van der Waals surface area contributed by atoms with Crippen molar-refractivity contribution in [1.82, 2.24) is 15.3 Å². The van der Waals surface area contributed by atoms with E-state index >= 15 is 4.39 Å². The Hall–Kier alpha value is -3.52. The summed E-state index contributed by atoms with van der Waals surface area (Å²) in [4.78, 5) is 28.9. The van der Waals surface area contributed by atoms with Crippen molar-refractivity contribution in [3.8, 4) is 11.4 Å². The monoisotopic (exact) mass is 595 g/mol. The molecular weight excluding hydrogens is 578 g/mol. The van der Waals surface area contributed by atoms with Gasteiger partial charge in [0.15, 0.2) is 5.69 Å². The van der Waals surface area contributed by atoms with Crippen LogP contribution in [0.2, 0.25) is 5.02 Å². The molecule has 0 unspecified atom stereocenters. The van der Waals surface area contributed by atoms with Gasteiger partial charge in [0.05, 0.1) is 23.8 Å². The highest BCUT2D eigenvalue weighted by Gasteiger charge is 2.39. The number of carbonyl (C=O) groups is 1. The third kappa shape index (κ3) is 6.61. The normalized spacial score (nSPS) is 17.4. The topological polar surface area (TPSA) is 84.1 Å². The molecule has 1 fully saturated rings. The predicted octanol–water partition coefficient (Wildman–Crippen LogP) is 6.02. The van der Waals surface area contributed by atoms with Crippen LogP contribution in [0.25, 0.3) is 11.4 Å². The Bertz CT molecular complexity index is 1480. The van der Waals surface area contributed by atoms with Crippen molar-refractivity contribution in [3.63, 3.8) is 0 Å². The van der Waals surface area contributed by atoms with E-state index in [0.29, 0.717) is 11.6 Å². The Morgan fingerprint density at radius 2 is 1.70 bits per heavy atom. The highest BCUT2D eigenvalue weighted by Crippen LogP contribution is 2.39. The number of hydrogen-bond donors (Lipinski definition) is 2. The number of hydrogen-bond acceptors (Lipinski definition) is 4. The second-order valence-electron chi connectivity index (χ2n) is 8.99. The molecule has 6 nitrogen and oxygen atoms in total. The number of nitrogens with zero attached hydrogens (tertiary/aromatic N) is 1.